The number of rotatable bonds is 6. The fourth-order valence-corrected chi connectivity index (χ4v) is 1.87. The van der Waals surface area contributed by atoms with Gasteiger partial charge in [0.15, 0.2) is 0 Å². The monoisotopic (exact) mass is 282 g/mol. The smallest absolute Gasteiger partial charge is 0.337 e. The molecule has 3 N–H and O–H groups in total. The van der Waals surface area contributed by atoms with Gasteiger partial charge in [0.25, 0.3) is 0 Å². The standard InChI is InChI=1S/C13H15ClN2O3/c14-11-4-3-9(7-10(11)13(18)19)16-12(17)5-6-15-8-1-2-8/h3-4,7-8,15H,1-2,5-6H2,(H,16,17)(H,18,19). The molecule has 5 nitrogen and oxygen atoms in total. The molecule has 1 aromatic carbocycles. The normalized spacial score (nSPS) is 14.2. The molecule has 0 atom stereocenters. The highest BCUT2D eigenvalue weighted by Crippen LogP contribution is 2.21. The van der Waals surface area contributed by atoms with Gasteiger partial charge in [0.1, 0.15) is 0 Å². The molecule has 6 heteroatoms. The summed E-state index contributed by atoms with van der Waals surface area (Å²) in [5, 5.41) is 15.0. The minimum absolute atomic E-state index is 0.0180. The molecule has 1 aliphatic rings. The Balaban J connectivity index is 1.88. The van der Waals surface area contributed by atoms with Gasteiger partial charge in [-0.2, -0.15) is 0 Å². The summed E-state index contributed by atoms with van der Waals surface area (Å²) in [6.45, 7) is 0.635. The third-order valence-corrected chi connectivity index (χ3v) is 3.17. The maximum Gasteiger partial charge on any atom is 0.337 e. The van der Waals surface area contributed by atoms with Crippen molar-refractivity contribution in [3.05, 3.63) is 28.8 Å². The van der Waals surface area contributed by atoms with Crippen molar-refractivity contribution in [1.29, 1.82) is 0 Å². The van der Waals surface area contributed by atoms with Crippen molar-refractivity contribution in [2.24, 2.45) is 0 Å². The predicted octanol–water partition coefficient (Wildman–Crippen LogP) is 2.12. The van der Waals surface area contributed by atoms with Crippen LogP contribution in [0.2, 0.25) is 5.02 Å². The molecular formula is C13H15ClN2O3. The van der Waals surface area contributed by atoms with Gasteiger partial charge in [-0.1, -0.05) is 11.6 Å². The Bertz CT molecular complexity index is 501. The second-order valence-corrected chi connectivity index (χ2v) is 4.93. The van der Waals surface area contributed by atoms with Gasteiger partial charge in [0.2, 0.25) is 5.91 Å². The van der Waals surface area contributed by atoms with E-state index >= 15 is 0 Å². The maximum atomic E-state index is 11.6. The average Bonchev–Trinajstić information content (AvgIpc) is 3.15. The van der Waals surface area contributed by atoms with Crippen LogP contribution in [0, 0.1) is 0 Å². The van der Waals surface area contributed by atoms with Crippen LogP contribution in [-0.2, 0) is 4.79 Å². The molecule has 0 unspecified atom stereocenters. The zero-order valence-electron chi connectivity index (χ0n) is 10.3. The number of carbonyl (C=O) groups excluding carboxylic acids is 1. The Morgan fingerprint density at radius 1 is 1.37 bits per heavy atom. The lowest BCUT2D eigenvalue weighted by atomic mass is 10.2. The van der Waals surface area contributed by atoms with Gasteiger partial charge in [-0.3, -0.25) is 4.79 Å². The quantitative estimate of drug-likeness (QED) is 0.747. The van der Waals surface area contributed by atoms with Crippen LogP contribution < -0.4 is 10.6 Å². The highest BCUT2D eigenvalue weighted by Gasteiger charge is 2.20. The predicted molar refractivity (Wildman–Crippen MR) is 72.7 cm³/mol. The van der Waals surface area contributed by atoms with Crippen molar-refractivity contribution in [3.63, 3.8) is 0 Å². The van der Waals surface area contributed by atoms with Gasteiger partial charge in [0.05, 0.1) is 10.6 Å². The Morgan fingerprint density at radius 3 is 2.74 bits per heavy atom. The molecule has 1 saturated carbocycles. The van der Waals surface area contributed by atoms with E-state index in [9.17, 15) is 9.59 Å². The van der Waals surface area contributed by atoms with Gasteiger partial charge in [-0.05, 0) is 31.0 Å². The molecule has 0 radical (unpaired) electrons. The van der Waals surface area contributed by atoms with Crippen LogP contribution in [-0.4, -0.2) is 29.6 Å². The third kappa shape index (κ3) is 4.22. The van der Waals surface area contributed by atoms with Gasteiger partial charge in [-0.15, -0.1) is 0 Å². The van der Waals surface area contributed by atoms with Crippen LogP contribution >= 0.6 is 11.6 Å². The highest BCUT2D eigenvalue weighted by atomic mass is 35.5. The van der Waals surface area contributed by atoms with E-state index in [-0.39, 0.29) is 16.5 Å². The number of carboxylic acids is 1. The molecule has 0 saturated heterocycles. The van der Waals surface area contributed by atoms with Crippen LogP contribution in [0.15, 0.2) is 18.2 Å². The first kappa shape index (κ1) is 13.8. The second-order valence-electron chi connectivity index (χ2n) is 4.53. The van der Waals surface area contributed by atoms with E-state index in [1.807, 2.05) is 0 Å². The first-order valence-corrected chi connectivity index (χ1v) is 6.50. The van der Waals surface area contributed by atoms with Crippen LogP contribution in [0.1, 0.15) is 29.6 Å². The van der Waals surface area contributed by atoms with Gasteiger partial charge < -0.3 is 15.7 Å². The van der Waals surface area contributed by atoms with E-state index in [0.29, 0.717) is 24.7 Å². The highest BCUT2D eigenvalue weighted by molar-refractivity contribution is 6.33. The second kappa shape index (κ2) is 6.04. The number of hydrogen-bond acceptors (Lipinski definition) is 3. The van der Waals surface area contributed by atoms with Crippen molar-refractivity contribution in [2.75, 3.05) is 11.9 Å². The summed E-state index contributed by atoms with van der Waals surface area (Å²) in [6.07, 6.45) is 2.73. The fraction of sp³-hybridized carbons (Fsp3) is 0.385. The summed E-state index contributed by atoms with van der Waals surface area (Å²) in [4.78, 5) is 22.6. The first-order chi connectivity index (χ1) is 9.06. The SMILES string of the molecule is O=C(CCNC1CC1)Nc1ccc(Cl)c(C(=O)O)c1. The molecular weight excluding hydrogens is 268 g/mol. The molecule has 19 heavy (non-hydrogen) atoms. The Labute approximate surface area is 116 Å². The van der Waals surface area contributed by atoms with E-state index in [4.69, 9.17) is 16.7 Å². The Hall–Kier alpha value is -1.59. The zero-order valence-corrected chi connectivity index (χ0v) is 11.0. The Kier molecular flexibility index (Phi) is 4.39. The van der Waals surface area contributed by atoms with Crippen molar-refractivity contribution >= 4 is 29.2 Å². The summed E-state index contributed by atoms with van der Waals surface area (Å²) in [5.74, 6) is -1.26. The number of halogens is 1. The number of nitrogens with one attached hydrogen (secondary N) is 2. The lowest BCUT2D eigenvalue weighted by Gasteiger charge is -2.07. The maximum absolute atomic E-state index is 11.6. The number of carboxylic acid groups (broad SMARTS) is 1. The molecule has 1 fully saturated rings. The molecule has 0 aromatic heterocycles. The molecule has 1 aliphatic carbocycles. The van der Waals surface area contributed by atoms with Gasteiger partial charge >= 0.3 is 5.97 Å². The van der Waals surface area contributed by atoms with Gasteiger partial charge in [-0.25, -0.2) is 4.79 Å². The number of carbonyl (C=O) groups is 2. The van der Waals surface area contributed by atoms with Crippen molar-refractivity contribution < 1.29 is 14.7 Å². The van der Waals surface area contributed by atoms with Crippen molar-refractivity contribution in [1.82, 2.24) is 5.32 Å². The average molecular weight is 283 g/mol. The van der Waals surface area contributed by atoms with Crippen LogP contribution in [0.4, 0.5) is 5.69 Å². The number of aromatic carboxylic acids is 1. The minimum Gasteiger partial charge on any atom is -0.478 e. The van der Waals surface area contributed by atoms with Crippen LogP contribution in [0.25, 0.3) is 0 Å². The third-order valence-electron chi connectivity index (χ3n) is 2.84. The summed E-state index contributed by atoms with van der Waals surface area (Å²) in [6, 6.07) is 4.97. The van der Waals surface area contributed by atoms with E-state index in [0.717, 1.165) is 0 Å². The molecule has 1 aromatic rings. The molecule has 0 heterocycles. The first-order valence-electron chi connectivity index (χ1n) is 6.12. The van der Waals surface area contributed by atoms with Crippen LogP contribution in [0.5, 0.6) is 0 Å². The van der Waals surface area contributed by atoms with Crippen molar-refractivity contribution in [2.45, 2.75) is 25.3 Å². The summed E-state index contributed by atoms with van der Waals surface area (Å²) in [5.41, 5.74) is 0.425. The number of amides is 1. The number of anilines is 1. The minimum atomic E-state index is -1.11. The zero-order chi connectivity index (χ0) is 13.8. The molecule has 0 spiro atoms. The molecule has 1 amide bonds. The van der Waals surface area contributed by atoms with E-state index in [1.165, 1.54) is 25.0 Å². The lowest BCUT2D eigenvalue weighted by molar-refractivity contribution is -0.116. The number of benzene rings is 1. The van der Waals surface area contributed by atoms with Gasteiger partial charge in [0, 0.05) is 24.7 Å². The molecule has 102 valence electrons. The fourth-order valence-electron chi connectivity index (χ4n) is 1.67. The molecule has 0 aliphatic heterocycles. The topological polar surface area (TPSA) is 78.4 Å². The van der Waals surface area contributed by atoms with E-state index < -0.39 is 5.97 Å². The lowest BCUT2D eigenvalue weighted by Crippen LogP contribution is -2.23. The molecule has 0 bridgehead atoms. The van der Waals surface area contributed by atoms with E-state index in [2.05, 4.69) is 10.6 Å². The largest absolute Gasteiger partial charge is 0.478 e. The van der Waals surface area contributed by atoms with Crippen molar-refractivity contribution in [3.8, 4) is 0 Å². The summed E-state index contributed by atoms with van der Waals surface area (Å²) >= 11 is 5.75. The van der Waals surface area contributed by atoms with E-state index in [1.54, 1.807) is 6.07 Å². The Morgan fingerprint density at radius 2 is 2.11 bits per heavy atom. The molecule has 2 rings (SSSR count). The summed E-state index contributed by atoms with van der Waals surface area (Å²) < 4.78 is 0. The van der Waals surface area contributed by atoms with Crippen LogP contribution in [0.3, 0.4) is 0 Å². The number of hydrogen-bond donors (Lipinski definition) is 3. The summed E-state index contributed by atoms with van der Waals surface area (Å²) in [7, 11) is 0.